The highest BCUT2D eigenvalue weighted by molar-refractivity contribution is 5.81. The Hall–Kier alpha value is -1.42. The summed E-state index contributed by atoms with van der Waals surface area (Å²) in [5.41, 5.74) is 5.62. The highest BCUT2D eigenvalue weighted by Crippen LogP contribution is 2.51. The van der Waals surface area contributed by atoms with E-state index < -0.39 is 0 Å². The molecule has 1 fully saturated rings. The first-order chi connectivity index (χ1) is 12.6. The van der Waals surface area contributed by atoms with E-state index in [0.717, 1.165) is 31.1 Å². The topological polar surface area (TPSA) is 38.3 Å². The number of nitrogens with zero attached hydrogens (tertiary/aromatic N) is 3. The first-order valence-electron chi connectivity index (χ1n) is 10.5. The van der Waals surface area contributed by atoms with Crippen LogP contribution in [0.2, 0.25) is 0 Å². The van der Waals surface area contributed by atoms with Crippen LogP contribution in [0.15, 0.2) is 11.9 Å². The van der Waals surface area contributed by atoms with Gasteiger partial charge in [0.25, 0.3) is 0 Å². The molecule has 0 amide bonds. The van der Waals surface area contributed by atoms with Crippen LogP contribution in [0, 0.1) is 11.8 Å². The normalized spacial score (nSPS) is 29.0. The number of aromatic nitrogens is 2. The Balaban J connectivity index is 1.55. The zero-order valence-electron chi connectivity index (χ0n) is 16.8. The summed E-state index contributed by atoms with van der Waals surface area (Å²) in [6.45, 7) is 4.70. The molecule has 0 saturated heterocycles. The van der Waals surface area contributed by atoms with E-state index in [1.807, 2.05) is 0 Å². The summed E-state index contributed by atoms with van der Waals surface area (Å²) in [5, 5.41) is 0. The van der Waals surface area contributed by atoms with E-state index in [4.69, 9.17) is 4.74 Å². The molecule has 0 radical (unpaired) electrons. The Morgan fingerprint density at radius 3 is 2.62 bits per heavy atom. The van der Waals surface area contributed by atoms with Crippen LogP contribution in [0.25, 0.3) is 5.57 Å². The molecule has 1 unspecified atom stereocenters. The second-order valence-electron chi connectivity index (χ2n) is 8.74. The van der Waals surface area contributed by atoms with E-state index in [9.17, 15) is 0 Å². The van der Waals surface area contributed by atoms with Gasteiger partial charge in [-0.05, 0) is 70.0 Å². The van der Waals surface area contributed by atoms with E-state index in [0.29, 0.717) is 18.1 Å². The first kappa shape index (κ1) is 18.0. The van der Waals surface area contributed by atoms with Crippen molar-refractivity contribution in [2.24, 2.45) is 11.8 Å². The molecule has 142 valence electrons. The summed E-state index contributed by atoms with van der Waals surface area (Å²) in [5.74, 6) is 2.25. The predicted octanol–water partition coefficient (Wildman–Crippen LogP) is 4.49. The van der Waals surface area contributed by atoms with Gasteiger partial charge in [0, 0.05) is 12.5 Å². The second-order valence-corrected chi connectivity index (χ2v) is 8.74. The van der Waals surface area contributed by atoms with E-state index in [-0.39, 0.29) is 0 Å². The second kappa shape index (κ2) is 7.30. The van der Waals surface area contributed by atoms with Crippen molar-refractivity contribution < 1.29 is 4.74 Å². The standard InChI is InChI=1S/C22H33N3O/c1-5-14(2)18-11-6-15-12-19-21(20(15)18)22(24-13-23-19)26-17-9-7-16(8-10-17)25(3)4/h13-14,16-18H,5-12H2,1-4H3/t14?,16-,17-,18-/m1/s1. The summed E-state index contributed by atoms with van der Waals surface area (Å²) < 4.78 is 6.49. The van der Waals surface area contributed by atoms with Gasteiger partial charge < -0.3 is 9.64 Å². The monoisotopic (exact) mass is 355 g/mol. The molecule has 0 N–H and O–H groups in total. The summed E-state index contributed by atoms with van der Waals surface area (Å²) in [6, 6.07) is 0.699. The third-order valence-corrected chi connectivity index (χ3v) is 7.03. The molecule has 1 aromatic rings. The van der Waals surface area contributed by atoms with Crippen LogP contribution < -0.4 is 4.74 Å². The first-order valence-corrected chi connectivity index (χ1v) is 10.5. The zero-order valence-corrected chi connectivity index (χ0v) is 16.8. The van der Waals surface area contributed by atoms with E-state index in [1.165, 1.54) is 43.4 Å². The molecule has 1 saturated carbocycles. The molecular formula is C22H33N3O. The Kier molecular flexibility index (Phi) is 5.05. The Bertz CT molecular complexity index is 689. The number of allylic oxidation sites excluding steroid dienone is 2. The van der Waals surface area contributed by atoms with Gasteiger partial charge >= 0.3 is 0 Å². The minimum absolute atomic E-state index is 0.304. The Morgan fingerprint density at radius 2 is 1.92 bits per heavy atom. The third kappa shape index (κ3) is 3.17. The molecule has 2 atom stereocenters. The highest BCUT2D eigenvalue weighted by atomic mass is 16.5. The van der Waals surface area contributed by atoms with Gasteiger partial charge in [0.1, 0.15) is 12.4 Å². The van der Waals surface area contributed by atoms with Gasteiger partial charge in [-0.3, -0.25) is 0 Å². The molecule has 3 aliphatic carbocycles. The van der Waals surface area contributed by atoms with Gasteiger partial charge in [0.2, 0.25) is 5.88 Å². The average Bonchev–Trinajstić information content (AvgIpc) is 3.21. The van der Waals surface area contributed by atoms with Gasteiger partial charge in [-0.2, -0.15) is 0 Å². The lowest BCUT2D eigenvalue weighted by molar-refractivity contribution is 0.106. The molecule has 1 heterocycles. The van der Waals surface area contributed by atoms with E-state index >= 15 is 0 Å². The molecular weight excluding hydrogens is 322 g/mol. The summed E-state index contributed by atoms with van der Waals surface area (Å²) >= 11 is 0. The lowest BCUT2D eigenvalue weighted by Crippen LogP contribution is -2.35. The van der Waals surface area contributed by atoms with E-state index in [2.05, 4.69) is 42.8 Å². The Labute approximate surface area is 158 Å². The van der Waals surface area contributed by atoms with Gasteiger partial charge in [-0.15, -0.1) is 0 Å². The average molecular weight is 356 g/mol. The van der Waals surface area contributed by atoms with Crippen molar-refractivity contribution in [1.29, 1.82) is 0 Å². The summed E-state index contributed by atoms with van der Waals surface area (Å²) in [6.07, 6.45) is 11.5. The maximum Gasteiger partial charge on any atom is 0.224 e. The Morgan fingerprint density at radius 1 is 1.15 bits per heavy atom. The van der Waals surface area contributed by atoms with Crippen molar-refractivity contribution in [3.05, 3.63) is 23.2 Å². The third-order valence-electron chi connectivity index (χ3n) is 7.03. The minimum Gasteiger partial charge on any atom is -0.474 e. The molecule has 0 bridgehead atoms. The van der Waals surface area contributed by atoms with Gasteiger partial charge in [0.15, 0.2) is 0 Å². The molecule has 4 rings (SSSR count). The lowest BCUT2D eigenvalue weighted by Gasteiger charge is -2.33. The molecule has 0 spiro atoms. The summed E-state index contributed by atoms with van der Waals surface area (Å²) in [7, 11) is 4.37. The van der Waals surface area contributed by atoms with Crippen molar-refractivity contribution in [3.8, 4) is 5.88 Å². The number of rotatable bonds is 5. The van der Waals surface area contributed by atoms with Crippen molar-refractivity contribution in [3.63, 3.8) is 0 Å². The molecule has 26 heavy (non-hydrogen) atoms. The molecule has 4 heteroatoms. The summed E-state index contributed by atoms with van der Waals surface area (Å²) in [4.78, 5) is 11.6. The largest absolute Gasteiger partial charge is 0.474 e. The van der Waals surface area contributed by atoms with Crippen molar-refractivity contribution in [1.82, 2.24) is 14.9 Å². The smallest absolute Gasteiger partial charge is 0.224 e. The number of ether oxygens (including phenoxy) is 1. The van der Waals surface area contributed by atoms with Crippen molar-refractivity contribution in [2.75, 3.05) is 14.1 Å². The lowest BCUT2D eigenvalue weighted by atomic mass is 9.84. The molecule has 3 aliphatic rings. The van der Waals surface area contributed by atoms with E-state index in [1.54, 1.807) is 17.5 Å². The number of hydrogen-bond donors (Lipinski definition) is 0. The maximum absolute atomic E-state index is 6.49. The minimum atomic E-state index is 0.304. The van der Waals surface area contributed by atoms with Gasteiger partial charge in [-0.25, -0.2) is 9.97 Å². The van der Waals surface area contributed by atoms with Gasteiger partial charge in [-0.1, -0.05) is 25.8 Å². The van der Waals surface area contributed by atoms with Crippen LogP contribution in [0.1, 0.15) is 70.1 Å². The van der Waals surface area contributed by atoms with Crippen LogP contribution in [0.5, 0.6) is 5.88 Å². The maximum atomic E-state index is 6.49. The quantitative estimate of drug-likeness (QED) is 0.780. The predicted molar refractivity (Wildman–Crippen MR) is 105 cm³/mol. The van der Waals surface area contributed by atoms with Crippen LogP contribution in [-0.2, 0) is 6.42 Å². The number of fused-ring (bicyclic) bond motifs is 2. The van der Waals surface area contributed by atoms with Crippen LogP contribution in [-0.4, -0.2) is 41.1 Å². The SMILES string of the molecule is CCC(C)[C@H]1CCC2=C1c1c(ncnc1O[C@H]1CC[C@H](N(C)C)CC1)C2. The van der Waals surface area contributed by atoms with Gasteiger partial charge in [0.05, 0.1) is 11.3 Å². The van der Waals surface area contributed by atoms with Crippen LogP contribution in [0.4, 0.5) is 0 Å². The van der Waals surface area contributed by atoms with Crippen LogP contribution >= 0.6 is 0 Å². The molecule has 0 aromatic carbocycles. The van der Waals surface area contributed by atoms with Crippen molar-refractivity contribution in [2.45, 2.75) is 77.4 Å². The molecule has 1 aromatic heterocycles. The highest BCUT2D eigenvalue weighted by Gasteiger charge is 2.38. The number of hydrogen-bond acceptors (Lipinski definition) is 4. The molecule has 0 aliphatic heterocycles. The van der Waals surface area contributed by atoms with Crippen molar-refractivity contribution >= 4 is 5.57 Å². The fourth-order valence-corrected chi connectivity index (χ4v) is 5.21. The molecule has 4 nitrogen and oxygen atoms in total. The fourth-order valence-electron chi connectivity index (χ4n) is 5.21. The zero-order chi connectivity index (χ0) is 18.3. The fraction of sp³-hybridized carbons (Fsp3) is 0.727. The van der Waals surface area contributed by atoms with Crippen LogP contribution in [0.3, 0.4) is 0 Å².